The number of amides is 1. The van der Waals surface area contributed by atoms with Crippen molar-refractivity contribution in [3.8, 4) is 0 Å². The van der Waals surface area contributed by atoms with Gasteiger partial charge in [-0.2, -0.15) is 5.10 Å². The highest BCUT2D eigenvalue weighted by Gasteiger charge is 2.21. The second-order valence-electron chi connectivity index (χ2n) is 6.54. The molecule has 0 fully saturated rings. The number of nitrogens with one attached hydrogen (secondary N) is 1. The van der Waals surface area contributed by atoms with E-state index in [4.69, 9.17) is 5.11 Å². The van der Waals surface area contributed by atoms with E-state index in [2.05, 4.69) is 10.4 Å². The highest BCUT2D eigenvalue weighted by Crippen LogP contribution is 2.26. The number of nitrogens with zero attached hydrogens (tertiary/aromatic N) is 2. The Labute approximate surface area is 147 Å². The van der Waals surface area contributed by atoms with Gasteiger partial charge >= 0.3 is 5.97 Å². The van der Waals surface area contributed by atoms with Gasteiger partial charge in [-0.05, 0) is 33.3 Å². The molecule has 0 spiro atoms. The Kier molecular flexibility index (Phi) is 5.96. The van der Waals surface area contributed by atoms with Crippen LogP contribution in [0.2, 0.25) is 0 Å². The Morgan fingerprint density at radius 3 is 2.32 bits per heavy atom. The highest BCUT2D eigenvalue weighted by molar-refractivity contribution is 5.92. The topological polar surface area (TPSA) is 84.2 Å². The van der Waals surface area contributed by atoms with Crippen molar-refractivity contribution in [1.82, 2.24) is 9.78 Å². The molecule has 2 N–H and O–H groups in total. The van der Waals surface area contributed by atoms with Crippen LogP contribution in [-0.4, -0.2) is 26.8 Å². The minimum absolute atomic E-state index is 0.0827. The van der Waals surface area contributed by atoms with E-state index in [1.54, 1.807) is 0 Å². The van der Waals surface area contributed by atoms with E-state index in [1.807, 2.05) is 62.7 Å². The summed E-state index contributed by atoms with van der Waals surface area (Å²) < 4.78 is 1.87. The number of aliphatic carboxylic acids is 1. The van der Waals surface area contributed by atoms with Gasteiger partial charge in [0.25, 0.3) is 0 Å². The lowest BCUT2D eigenvalue weighted by Crippen LogP contribution is -2.18. The van der Waals surface area contributed by atoms with Gasteiger partial charge in [0, 0.05) is 18.4 Å². The fraction of sp³-hybridized carbons (Fsp3) is 0.421. The molecule has 134 valence electrons. The fourth-order valence-electron chi connectivity index (χ4n) is 3.00. The number of carbonyl (C=O) groups is 2. The largest absolute Gasteiger partial charge is 0.481 e. The van der Waals surface area contributed by atoms with E-state index in [1.165, 1.54) is 0 Å². The number of carbonyl (C=O) groups excluding carboxylic acids is 1. The number of carboxylic acid groups (broad SMARTS) is 1. The number of rotatable bonds is 7. The van der Waals surface area contributed by atoms with E-state index in [9.17, 15) is 9.59 Å². The molecule has 0 bridgehead atoms. The molecule has 1 aromatic heterocycles. The lowest BCUT2D eigenvalue weighted by molar-refractivity contribution is -0.137. The maximum atomic E-state index is 12.5. The van der Waals surface area contributed by atoms with Crippen molar-refractivity contribution in [3.63, 3.8) is 0 Å². The van der Waals surface area contributed by atoms with Gasteiger partial charge in [-0.1, -0.05) is 30.3 Å². The Morgan fingerprint density at radius 2 is 1.80 bits per heavy atom. The number of aryl methyl sites for hydroxylation is 1. The van der Waals surface area contributed by atoms with Gasteiger partial charge < -0.3 is 10.4 Å². The van der Waals surface area contributed by atoms with Gasteiger partial charge in [-0.25, -0.2) is 0 Å². The molecule has 6 heteroatoms. The Hall–Kier alpha value is -2.63. The molecule has 0 aliphatic heterocycles. The van der Waals surface area contributed by atoms with Gasteiger partial charge in [0.1, 0.15) is 0 Å². The molecule has 6 nitrogen and oxygen atoms in total. The summed E-state index contributed by atoms with van der Waals surface area (Å²) in [6, 6.07) is 9.48. The van der Waals surface area contributed by atoms with E-state index < -0.39 is 5.97 Å². The van der Waals surface area contributed by atoms with E-state index >= 15 is 0 Å². The van der Waals surface area contributed by atoms with Crippen LogP contribution >= 0.6 is 0 Å². The van der Waals surface area contributed by atoms with Crippen molar-refractivity contribution in [1.29, 1.82) is 0 Å². The van der Waals surface area contributed by atoms with E-state index in [-0.39, 0.29) is 30.7 Å². The summed E-state index contributed by atoms with van der Waals surface area (Å²) in [4.78, 5) is 23.7. The summed E-state index contributed by atoms with van der Waals surface area (Å²) >= 11 is 0. The third kappa shape index (κ3) is 4.68. The molecule has 25 heavy (non-hydrogen) atoms. The second kappa shape index (κ2) is 7.96. The van der Waals surface area contributed by atoms with Crippen LogP contribution < -0.4 is 5.32 Å². The van der Waals surface area contributed by atoms with Crippen LogP contribution in [0.3, 0.4) is 0 Å². The quantitative estimate of drug-likeness (QED) is 0.803. The van der Waals surface area contributed by atoms with Crippen molar-refractivity contribution < 1.29 is 14.7 Å². The normalized spacial score (nSPS) is 12.2. The SMILES string of the molecule is Cc1nn(C(C)C)c(C)c1NC(=O)C[C@@H](CC(=O)O)c1ccccc1. The summed E-state index contributed by atoms with van der Waals surface area (Å²) in [6.07, 6.45) is 0.0305. The van der Waals surface area contributed by atoms with Crippen molar-refractivity contribution in [3.05, 3.63) is 47.3 Å². The second-order valence-corrected chi connectivity index (χ2v) is 6.54. The predicted octanol–water partition coefficient (Wildman–Crippen LogP) is 3.67. The molecule has 2 rings (SSSR count). The molecule has 0 unspecified atom stereocenters. The van der Waals surface area contributed by atoms with E-state index in [0.717, 1.165) is 17.0 Å². The van der Waals surface area contributed by atoms with Crippen LogP contribution in [0.1, 0.15) is 55.6 Å². The summed E-state index contributed by atoms with van der Waals surface area (Å²) in [7, 11) is 0. The van der Waals surface area contributed by atoms with Crippen molar-refractivity contribution in [2.24, 2.45) is 0 Å². The van der Waals surface area contributed by atoms with Gasteiger partial charge in [0.2, 0.25) is 5.91 Å². The Balaban J connectivity index is 2.16. The lowest BCUT2D eigenvalue weighted by Gasteiger charge is -2.15. The number of hydrogen-bond acceptors (Lipinski definition) is 3. The van der Waals surface area contributed by atoms with Gasteiger partial charge in [-0.15, -0.1) is 0 Å². The Morgan fingerprint density at radius 1 is 1.16 bits per heavy atom. The third-order valence-corrected chi connectivity index (χ3v) is 4.20. The van der Waals surface area contributed by atoms with Crippen LogP contribution in [0.25, 0.3) is 0 Å². The molecule has 0 saturated heterocycles. The minimum Gasteiger partial charge on any atom is -0.481 e. The zero-order valence-electron chi connectivity index (χ0n) is 15.1. The van der Waals surface area contributed by atoms with Crippen molar-refractivity contribution in [2.75, 3.05) is 5.32 Å². The average Bonchev–Trinajstić information content (AvgIpc) is 2.83. The number of benzene rings is 1. The van der Waals surface area contributed by atoms with Crippen LogP contribution in [0.15, 0.2) is 30.3 Å². The zero-order chi connectivity index (χ0) is 18.6. The molecule has 0 aliphatic rings. The first-order valence-corrected chi connectivity index (χ1v) is 8.41. The van der Waals surface area contributed by atoms with Gasteiger partial charge in [0.15, 0.2) is 0 Å². The number of hydrogen-bond donors (Lipinski definition) is 2. The standard InChI is InChI=1S/C19H25N3O3/c1-12(2)22-14(4)19(13(3)21-22)20-17(23)10-16(11-18(24)25)15-8-6-5-7-9-15/h5-9,12,16H,10-11H2,1-4H3,(H,20,23)(H,24,25)/t16-/m0/s1. The maximum absolute atomic E-state index is 12.5. The smallest absolute Gasteiger partial charge is 0.303 e. The fourth-order valence-corrected chi connectivity index (χ4v) is 3.00. The van der Waals surface area contributed by atoms with Gasteiger partial charge in [0.05, 0.1) is 23.5 Å². The van der Waals surface area contributed by atoms with Crippen LogP contribution in [-0.2, 0) is 9.59 Å². The zero-order valence-corrected chi connectivity index (χ0v) is 15.1. The molecule has 1 amide bonds. The molecule has 1 heterocycles. The molecule has 0 saturated carbocycles. The van der Waals surface area contributed by atoms with Crippen molar-refractivity contribution >= 4 is 17.6 Å². The van der Waals surface area contributed by atoms with Crippen LogP contribution in [0.4, 0.5) is 5.69 Å². The minimum atomic E-state index is -0.915. The third-order valence-electron chi connectivity index (χ3n) is 4.20. The predicted molar refractivity (Wildman–Crippen MR) is 96.8 cm³/mol. The maximum Gasteiger partial charge on any atom is 0.303 e. The molecule has 1 aromatic carbocycles. The summed E-state index contributed by atoms with van der Waals surface area (Å²) in [5.41, 5.74) is 3.22. The van der Waals surface area contributed by atoms with E-state index in [0.29, 0.717) is 5.69 Å². The summed E-state index contributed by atoms with van der Waals surface area (Å²) in [5, 5.41) is 16.5. The molecular weight excluding hydrogens is 318 g/mol. The average molecular weight is 343 g/mol. The summed E-state index contributed by atoms with van der Waals surface area (Å²) in [6.45, 7) is 7.83. The first-order valence-electron chi connectivity index (χ1n) is 8.41. The van der Waals surface area contributed by atoms with Crippen LogP contribution in [0, 0.1) is 13.8 Å². The van der Waals surface area contributed by atoms with Crippen LogP contribution in [0.5, 0.6) is 0 Å². The molecule has 0 radical (unpaired) electrons. The molecular formula is C19H25N3O3. The molecule has 1 atom stereocenters. The monoisotopic (exact) mass is 343 g/mol. The lowest BCUT2D eigenvalue weighted by atomic mass is 9.92. The number of aromatic nitrogens is 2. The number of carboxylic acids is 1. The first-order chi connectivity index (χ1) is 11.8. The first kappa shape index (κ1) is 18.7. The number of anilines is 1. The molecule has 2 aromatic rings. The highest BCUT2D eigenvalue weighted by atomic mass is 16.4. The van der Waals surface area contributed by atoms with Crippen molar-refractivity contribution in [2.45, 2.75) is 52.5 Å². The van der Waals surface area contributed by atoms with Gasteiger partial charge in [-0.3, -0.25) is 14.3 Å². The Bertz CT molecular complexity index is 751. The summed E-state index contributed by atoms with van der Waals surface area (Å²) in [5.74, 6) is -1.48. The molecule has 0 aliphatic carbocycles.